The van der Waals surface area contributed by atoms with Gasteiger partial charge >= 0.3 is 0 Å². The van der Waals surface area contributed by atoms with Gasteiger partial charge in [0.2, 0.25) is 0 Å². The summed E-state index contributed by atoms with van der Waals surface area (Å²) in [6.45, 7) is 4.17. The molecule has 0 amide bonds. The molecule has 2 heterocycles. The molecule has 3 heteroatoms. The van der Waals surface area contributed by atoms with Gasteiger partial charge in [0.15, 0.2) is 11.2 Å². The summed E-state index contributed by atoms with van der Waals surface area (Å²) in [6, 6.07) is 0. The molecule has 1 atom stereocenters. The van der Waals surface area contributed by atoms with Crippen molar-refractivity contribution in [3.63, 3.8) is 0 Å². The van der Waals surface area contributed by atoms with E-state index >= 15 is 0 Å². The van der Waals surface area contributed by atoms with Crippen LogP contribution in [0.25, 0.3) is 0 Å². The minimum absolute atomic E-state index is 0.0294. The van der Waals surface area contributed by atoms with E-state index < -0.39 is 0 Å². The predicted octanol–water partition coefficient (Wildman–Crippen LogP) is 1.88. The number of carbonyl (C=O) groups is 1. The van der Waals surface area contributed by atoms with Gasteiger partial charge in [-0.05, 0) is 13.8 Å². The van der Waals surface area contributed by atoms with Gasteiger partial charge in [0.1, 0.15) is 0 Å². The van der Waals surface area contributed by atoms with Gasteiger partial charge in [0.25, 0.3) is 0 Å². The molecule has 0 aliphatic carbocycles. The lowest BCUT2D eigenvalue weighted by Crippen LogP contribution is -2.16. The van der Waals surface area contributed by atoms with Gasteiger partial charge in [-0.2, -0.15) is 0 Å². The van der Waals surface area contributed by atoms with Gasteiger partial charge < -0.3 is 4.74 Å². The number of fused-ring (bicyclic) bond motifs is 1. The van der Waals surface area contributed by atoms with Crippen LogP contribution in [0.4, 0.5) is 0 Å². The second-order valence-electron chi connectivity index (χ2n) is 3.46. The highest BCUT2D eigenvalue weighted by atomic mass is 32.2. The summed E-state index contributed by atoms with van der Waals surface area (Å²) in [6.07, 6.45) is 4.96. The lowest BCUT2D eigenvalue weighted by Gasteiger charge is -2.18. The molecule has 2 aliphatic rings. The Hall–Kier alpha value is -0.700. The maximum absolute atomic E-state index is 11.3. The van der Waals surface area contributed by atoms with Crippen LogP contribution < -0.4 is 0 Å². The Morgan fingerprint density at radius 1 is 1.58 bits per heavy atom. The smallest absolute Gasteiger partial charge is 0.189 e. The van der Waals surface area contributed by atoms with E-state index in [-0.39, 0.29) is 16.0 Å². The molecule has 2 rings (SSSR count). The van der Waals surface area contributed by atoms with Crippen LogP contribution in [0.2, 0.25) is 0 Å². The van der Waals surface area contributed by atoms with Crippen molar-refractivity contribution in [2.24, 2.45) is 0 Å². The summed E-state index contributed by atoms with van der Waals surface area (Å²) in [5.41, 5.74) is 0.727. The number of carbonyl (C=O) groups excluding carboxylic acids is 1. The molecule has 0 aromatic rings. The van der Waals surface area contributed by atoms with Crippen LogP contribution in [-0.4, -0.2) is 16.0 Å². The van der Waals surface area contributed by atoms with E-state index in [0.717, 1.165) is 5.57 Å². The van der Waals surface area contributed by atoms with E-state index in [1.807, 2.05) is 6.08 Å². The van der Waals surface area contributed by atoms with Crippen molar-refractivity contribution in [3.05, 3.63) is 24.0 Å². The van der Waals surface area contributed by atoms with E-state index in [9.17, 15) is 4.79 Å². The molecule has 0 spiro atoms. The minimum Gasteiger partial charge on any atom is -0.482 e. The number of hydrogen-bond donors (Lipinski definition) is 0. The normalized spacial score (nSPS) is 31.0. The highest BCUT2D eigenvalue weighted by molar-refractivity contribution is 8.01. The molecule has 0 radical (unpaired) electrons. The Labute approximate surface area is 75.7 Å². The molecule has 0 bridgehead atoms. The summed E-state index contributed by atoms with van der Waals surface area (Å²) in [5, 5.41) is 0. The van der Waals surface area contributed by atoms with E-state index in [2.05, 4.69) is 13.8 Å². The molecule has 0 aromatic heterocycles. The summed E-state index contributed by atoms with van der Waals surface area (Å²) in [5.74, 6) is 0.0873. The highest BCUT2D eigenvalue weighted by Gasteiger charge is 2.37. The standard InChI is InChI=1S/C9H10O2S/c1-9(2)5-6-7(10)3-4-11-8(6)12-9/h3-5,8H,1-2H3. The number of ketones is 1. The average Bonchev–Trinajstić information content (AvgIpc) is 2.25. The zero-order chi connectivity index (χ0) is 8.77. The van der Waals surface area contributed by atoms with Crippen LogP contribution in [-0.2, 0) is 9.53 Å². The first-order valence-corrected chi connectivity index (χ1v) is 4.73. The van der Waals surface area contributed by atoms with Crippen LogP contribution in [0.15, 0.2) is 24.0 Å². The monoisotopic (exact) mass is 182 g/mol. The highest BCUT2D eigenvalue weighted by Crippen LogP contribution is 2.43. The van der Waals surface area contributed by atoms with Crippen molar-refractivity contribution in [2.45, 2.75) is 24.0 Å². The van der Waals surface area contributed by atoms with Gasteiger partial charge in [-0.15, -0.1) is 11.8 Å². The fourth-order valence-electron chi connectivity index (χ4n) is 1.37. The number of rotatable bonds is 0. The zero-order valence-electron chi connectivity index (χ0n) is 7.03. The molecule has 1 unspecified atom stereocenters. The second-order valence-corrected chi connectivity index (χ2v) is 5.17. The van der Waals surface area contributed by atoms with Gasteiger partial charge in [-0.25, -0.2) is 0 Å². The molecular weight excluding hydrogens is 172 g/mol. The molecule has 0 aromatic carbocycles. The third-order valence-electron chi connectivity index (χ3n) is 1.87. The number of allylic oxidation sites excluding steroid dienone is 1. The van der Waals surface area contributed by atoms with Gasteiger partial charge in [0.05, 0.1) is 6.26 Å². The zero-order valence-corrected chi connectivity index (χ0v) is 7.85. The first-order chi connectivity index (χ1) is 5.58. The first-order valence-electron chi connectivity index (χ1n) is 3.85. The van der Waals surface area contributed by atoms with E-state index in [0.29, 0.717) is 0 Å². The molecular formula is C9H10O2S. The maximum atomic E-state index is 11.3. The molecule has 12 heavy (non-hydrogen) atoms. The molecule has 0 saturated carbocycles. The summed E-state index contributed by atoms with van der Waals surface area (Å²) < 4.78 is 5.33. The second kappa shape index (κ2) is 2.39. The third kappa shape index (κ3) is 1.18. The first kappa shape index (κ1) is 7.92. The number of hydrogen-bond acceptors (Lipinski definition) is 3. The van der Waals surface area contributed by atoms with Crippen LogP contribution >= 0.6 is 11.8 Å². The van der Waals surface area contributed by atoms with E-state index in [1.165, 1.54) is 12.3 Å². The van der Waals surface area contributed by atoms with Crippen molar-refractivity contribution in [1.82, 2.24) is 0 Å². The van der Waals surface area contributed by atoms with Gasteiger partial charge in [0, 0.05) is 16.4 Å². The lowest BCUT2D eigenvalue weighted by atomic mass is 10.1. The van der Waals surface area contributed by atoms with Crippen LogP contribution in [0.1, 0.15) is 13.8 Å². The molecule has 2 aliphatic heterocycles. The van der Waals surface area contributed by atoms with E-state index in [4.69, 9.17) is 4.74 Å². The van der Waals surface area contributed by atoms with Crippen molar-refractivity contribution in [1.29, 1.82) is 0 Å². The topological polar surface area (TPSA) is 26.3 Å². The SMILES string of the molecule is CC1(C)C=C2C(=O)C=COC2S1. The van der Waals surface area contributed by atoms with Crippen LogP contribution in [0, 0.1) is 0 Å². The summed E-state index contributed by atoms with van der Waals surface area (Å²) >= 11 is 1.67. The predicted molar refractivity (Wildman–Crippen MR) is 48.8 cm³/mol. The number of ether oxygens (including phenoxy) is 1. The molecule has 2 nitrogen and oxygen atoms in total. The largest absolute Gasteiger partial charge is 0.482 e. The van der Waals surface area contributed by atoms with E-state index in [1.54, 1.807) is 11.8 Å². The molecule has 0 saturated heterocycles. The lowest BCUT2D eigenvalue weighted by molar-refractivity contribution is -0.112. The van der Waals surface area contributed by atoms with Gasteiger partial charge in [-0.3, -0.25) is 4.79 Å². The van der Waals surface area contributed by atoms with Crippen LogP contribution in [0.3, 0.4) is 0 Å². The maximum Gasteiger partial charge on any atom is 0.189 e. The third-order valence-corrected chi connectivity index (χ3v) is 3.18. The Bertz CT molecular complexity index is 289. The Kier molecular flexibility index (Phi) is 1.58. The average molecular weight is 182 g/mol. The summed E-state index contributed by atoms with van der Waals surface area (Å²) in [7, 11) is 0. The summed E-state index contributed by atoms with van der Waals surface area (Å²) in [4.78, 5) is 11.3. The molecule has 64 valence electrons. The van der Waals surface area contributed by atoms with Crippen molar-refractivity contribution < 1.29 is 9.53 Å². The van der Waals surface area contributed by atoms with Crippen molar-refractivity contribution in [2.75, 3.05) is 0 Å². The fourth-order valence-corrected chi connectivity index (χ4v) is 2.55. The van der Waals surface area contributed by atoms with Crippen molar-refractivity contribution in [3.8, 4) is 0 Å². The molecule has 0 N–H and O–H groups in total. The van der Waals surface area contributed by atoms with Crippen molar-refractivity contribution >= 4 is 17.5 Å². The quantitative estimate of drug-likeness (QED) is 0.572. The number of thioether (sulfide) groups is 1. The minimum atomic E-state index is -0.0718. The molecule has 0 fully saturated rings. The Balaban J connectivity index is 2.35. The van der Waals surface area contributed by atoms with Gasteiger partial charge in [-0.1, -0.05) is 6.08 Å². The van der Waals surface area contributed by atoms with Crippen LogP contribution in [0.5, 0.6) is 0 Å². The Morgan fingerprint density at radius 2 is 2.33 bits per heavy atom. The Morgan fingerprint density at radius 3 is 3.00 bits per heavy atom. The fraction of sp³-hybridized carbons (Fsp3) is 0.444.